The lowest BCUT2D eigenvalue weighted by atomic mass is 9.95. The molecule has 228 valence electrons. The molecule has 0 aromatic heterocycles. The van der Waals surface area contributed by atoms with E-state index in [0.717, 1.165) is 29.5 Å². The van der Waals surface area contributed by atoms with Gasteiger partial charge in [0.05, 0.1) is 46.6 Å². The molecule has 0 spiro atoms. The fourth-order valence-corrected chi connectivity index (χ4v) is 5.16. The first-order chi connectivity index (χ1) is 20.2. The van der Waals surface area contributed by atoms with Gasteiger partial charge in [-0.05, 0) is 60.6 Å². The van der Waals surface area contributed by atoms with Gasteiger partial charge in [-0.1, -0.05) is 12.5 Å². The Balaban J connectivity index is 1.79. The minimum atomic E-state index is -0.377. The van der Waals surface area contributed by atoms with Crippen LogP contribution in [0.15, 0.2) is 29.1 Å². The summed E-state index contributed by atoms with van der Waals surface area (Å²) < 4.78 is 21.6. The van der Waals surface area contributed by atoms with Gasteiger partial charge in [-0.2, -0.15) is 0 Å². The van der Waals surface area contributed by atoms with Gasteiger partial charge in [0.1, 0.15) is 0 Å². The van der Waals surface area contributed by atoms with E-state index in [1.807, 2.05) is 12.1 Å². The Morgan fingerprint density at radius 2 is 1.67 bits per heavy atom. The molecule has 3 rings (SSSR count). The van der Waals surface area contributed by atoms with Crippen molar-refractivity contribution >= 4 is 23.5 Å². The van der Waals surface area contributed by atoms with Crippen LogP contribution in [0.25, 0.3) is 11.1 Å². The summed E-state index contributed by atoms with van der Waals surface area (Å²) in [6, 6.07) is 6.76. The van der Waals surface area contributed by atoms with Crippen molar-refractivity contribution in [3.63, 3.8) is 0 Å². The van der Waals surface area contributed by atoms with Crippen LogP contribution < -0.4 is 35.6 Å². The van der Waals surface area contributed by atoms with Crippen molar-refractivity contribution in [2.24, 2.45) is 0 Å². The molecule has 42 heavy (non-hydrogen) atoms. The number of hydrogen-bond acceptors (Lipinski definition) is 9. The number of ether oxygens (including phenoxy) is 4. The van der Waals surface area contributed by atoms with Crippen LogP contribution in [0.1, 0.15) is 62.6 Å². The van der Waals surface area contributed by atoms with Crippen molar-refractivity contribution in [1.29, 1.82) is 0 Å². The minimum Gasteiger partial charge on any atom is -0.493 e. The van der Waals surface area contributed by atoms with E-state index < -0.39 is 0 Å². The van der Waals surface area contributed by atoms with E-state index in [1.165, 1.54) is 14.0 Å². The van der Waals surface area contributed by atoms with Crippen LogP contribution in [0.2, 0.25) is 0 Å². The number of aryl methyl sites for hydroxylation is 1. The molecule has 0 radical (unpaired) electrons. The van der Waals surface area contributed by atoms with Crippen molar-refractivity contribution < 1.29 is 33.3 Å². The number of rotatable bonds is 14. The van der Waals surface area contributed by atoms with Crippen LogP contribution in [-0.2, 0) is 25.5 Å². The lowest BCUT2D eigenvalue weighted by molar-refractivity contribution is -0.140. The fourth-order valence-electron chi connectivity index (χ4n) is 5.16. The summed E-state index contributed by atoms with van der Waals surface area (Å²) in [5, 5.41) is 8.95. The highest BCUT2D eigenvalue weighted by Gasteiger charge is 2.29. The lowest BCUT2D eigenvalue weighted by Crippen LogP contribution is -2.26. The molecule has 11 nitrogen and oxygen atoms in total. The van der Waals surface area contributed by atoms with E-state index in [2.05, 4.69) is 20.7 Å². The third-order valence-electron chi connectivity index (χ3n) is 7.19. The first-order valence-electron chi connectivity index (χ1n) is 14.1. The summed E-state index contributed by atoms with van der Waals surface area (Å²) in [4.78, 5) is 48.5. The number of unbranched alkanes of at least 4 members (excludes halogenated alkanes) is 2. The number of carbonyl (C=O) groups is 3. The third-order valence-corrected chi connectivity index (χ3v) is 7.19. The van der Waals surface area contributed by atoms with Gasteiger partial charge in [0.25, 0.3) is 0 Å². The number of hydrogen-bond donors (Lipinski definition) is 3. The molecule has 1 aliphatic rings. The number of anilines is 1. The zero-order valence-corrected chi connectivity index (χ0v) is 25.0. The van der Waals surface area contributed by atoms with Gasteiger partial charge in [0.2, 0.25) is 23.0 Å². The van der Waals surface area contributed by atoms with Crippen LogP contribution in [0.3, 0.4) is 0 Å². The Bertz CT molecular complexity index is 1340. The Labute approximate surface area is 246 Å². The molecule has 1 atom stereocenters. The van der Waals surface area contributed by atoms with E-state index in [0.29, 0.717) is 60.7 Å². The van der Waals surface area contributed by atoms with E-state index in [4.69, 9.17) is 14.2 Å². The smallest absolute Gasteiger partial charge is 0.307 e. The average molecular weight is 584 g/mol. The Morgan fingerprint density at radius 1 is 0.905 bits per heavy atom. The molecule has 0 saturated carbocycles. The summed E-state index contributed by atoms with van der Waals surface area (Å²) in [6.45, 7) is 2.27. The first-order valence-corrected chi connectivity index (χ1v) is 14.1. The van der Waals surface area contributed by atoms with Crippen LogP contribution in [-0.4, -0.2) is 59.3 Å². The molecule has 1 aliphatic carbocycles. The summed E-state index contributed by atoms with van der Waals surface area (Å²) in [7, 11) is 5.99. The molecule has 0 heterocycles. The van der Waals surface area contributed by atoms with Gasteiger partial charge < -0.3 is 34.9 Å². The highest BCUT2D eigenvalue weighted by molar-refractivity contribution is 5.84. The van der Waals surface area contributed by atoms with Crippen molar-refractivity contribution in [2.45, 2.75) is 57.9 Å². The lowest BCUT2D eigenvalue weighted by Gasteiger charge is -2.19. The monoisotopic (exact) mass is 583 g/mol. The largest absolute Gasteiger partial charge is 0.493 e. The highest BCUT2D eigenvalue weighted by atomic mass is 16.5. The Morgan fingerprint density at radius 3 is 2.33 bits per heavy atom. The average Bonchev–Trinajstić information content (AvgIpc) is 3.21. The standard InChI is InChI=1S/C31H41N3O8/c1-19(35)34-23-12-10-20-17-26(39-2)30(41-4)31(42-5)29(20)21-11-13-24(25(36)18-22(21)23)32-15-8-6-7-9-27(37)33-16-14-28(38)40-3/h11,13,17-18,23H,6-10,12,14-16H2,1-5H3,(H,32,36)(H,33,37)(H,34,35). The molecule has 2 amide bonds. The highest BCUT2D eigenvalue weighted by Crippen LogP contribution is 2.50. The number of carbonyl (C=O) groups excluding carboxylic acids is 3. The molecule has 0 aliphatic heterocycles. The summed E-state index contributed by atoms with van der Waals surface area (Å²) in [5.74, 6) is 0.834. The van der Waals surface area contributed by atoms with Crippen molar-refractivity contribution in [1.82, 2.24) is 10.6 Å². The number of amides is 2. The maximum absolute atomic E-state index is 13.4. The van der Waals surface area contributed by atoms with E-state index in [1.54, 1.807) is 33.5 Å². The Kier molecular flexibility index (Phi) is 12.0. The molecule has 11 heteroatoms. The molecular formula is C31H41N3O8. The molecule has 2 aromatic rings. The van der Waals surface area contributed by atoms with Gasteiger partial charge in [-0.3, -0.25) is 19.2 Å². The molecule has 0 saturated heterocycles. The zero-order chi connectivity index (χ0) is 30.6. The molecule has 3 N–H and O–H groups in total. The number of nitrogens with one attached hydrogen (secondary N) is 3. The summed E-state index contributed by atoms with van der Waals surface area (Å²) in [6.07, 6.45) is 3.95. The van der Waals surface area contributed by atoms with E-state index in [9.17, 15) is 19.2 Å². The fraction of sp³-hybridized carbons (Fsp3) is 0.484. The molecule has 1 unspecified atom stereocenters. The maximum atomic E-state index is 13.4. The van der Waals surface area contributed by atoms with E-state index >= 15 is 0 Å². The quantitative estimate of drug-likeness (QED) is 0.225. The number of fused-ring (bicyclic) bond motifs is 3. The van der Waals surface area contributed by atoms with Crippen molar-refractivity contribution in [2.75, 3.05) is 46.8 Å². The SMILES string of the molecule is COC(=O)CCNC(=O)CCCCCNc1ccc2c(cc1=O)C(NC(C)=O)CCc1cc(OC)c(OC)c(OC)c1-2. The normalized spacial score (nSPS) is 13.5. The van der Waals surface area contributed by atoms with Crippen molar-refractivity contribution in [3.8, 4) is 28.4 Å². The summed E-state index contributed by atoms with van der Waals surface area (Å²) in [5.41, 5.74) is 3.46. The molecule has 2 aromatic carbocycles. The van der Waals surface area contributed by atoms with Crippen LogP contribution >= 0.6 is 0 Å². The second kappa shape index (κ2) is 15.6. The van der Waals surface area contributed by atoms with Gasteiger partial charge in [0.15, 0.2) is 11.5 Å². The number of methoxy groups -OCH3 is 4. The maximum Gasteiger partial charge on any atom is 0.307 e. The minimum absolute atomic E-state index is 0.107. The zero-order valence-electron chi connectivity index (χ0n) is 25.0. The van der Waals surface area contributed by atoms with Crippen LogP contribution in [0.5, 0.6) is 17.2 Å². The number of benzene rings is 1. The second-order valence-electron chi connectivity index (χ2n) is 10.0. The van der Waals surface area contributed by atoms with Crippen LogP contribution in [0, 0.1) is 0 Å². The van der Waals surface area contributed by atoms with Gasteiger partial charge in [-0.15, -0.1) is 0 Å². The summed E-state index contributed by atoms with van der Waals surface area (Å²) >= 11 is 0. The molecule has 0 bridgehead atoms. The third kappa shape index (κ3) is 8.14. The van der Waals surface area contributed by atoms with Gasteiger partial charge >= 0.3 is 5.97 Å². The van der Waals surface area contributed by atoms with Gasteiger partial charge in [0, 0.05) is 32.0 Å². The second-order valence-corrected chi connectivity index (χ2v) is 10.0. The topological polar surface area (TPSA) is 141 Å². The first kappa shape index (κ1) is 32.2. The van der Waals surface area contributed by atoms with Crippen LogP contribution in [0.4, 0.5) is 5.69 Å². The van der Waals surface area contributed by atoms with E-state index in [-0.39, 0.29) is 42.2 Å². The number of esters is 1. The predicted octanol–water partition coefficient (Wildman–Crippen LogP) is 3.51. The molecule has 0 fully saturated rings. The molecular weight excluding hydrogens is 542 g/mol. The Hall–Kier alpha value is -4.28. The van der Waals surface area contributed by atoms with Gasteiger partial charge in [-0.25, -0.2) is 0 Å². The predicted molar refractivity (Wildman–Crippen MR) is 159 cm³/mol. The van der Waals surface area contributed by atoms with Crippen molar-refractivity contribution in [3.05, 3.63) is 45.6 Å².